The van der Waals surface area contributed by atoms with Crippen LogP contribution in [0.4, 0.5) is 4.39 Å². The Kier molecular flexibility index (Phi) is 4.37. The van der Waals surface area contributed by atoms with Crippen molar-refractivity contribution in [2.45, 2.75) is 18.3 Å². The molecule has 8 heteroatoms. The number of aromatic amines is 1. The topological polar surface area (TPSA) is 82.7 Å². The summed E-state index contributed by atoms with van der Waals surface area (Å²) in [7, 11) is 0. The number of amides is 1. The molecule has 2 aliphatic rings. The molecule has 0 bridgehead atoms. The molecule has 1 saturated heterocycles. The minimum Gasteiger partial charge on any atom is -0.356 e. The normalized spacial score (nSPS) is 17.8. The van der Waals surface area contributed by atoms with Crippen LogP contribution in [-0.2, 0) is 5.41 Å². The van der Waals surface area contributed by atoms with Crippen LogP contribution in [0.1, 0.15) is 28.9 Å². The Morgan fingerprint density at radius 1 is 1.10 bits per heavy atom. The fraction of sp³-hybridized carbons (Fsp3) is 0.286. The van der Waals surface area contributed by atoms with Crippen molar-refractivity contribution in [1.29, 1.82) is 0 Å². The molecular weight excluding hydrogens is 393 g/mol. The molecule has 1 amide bonds. The summed E-state index contributed by atoms with van der Waals surface area (Å²) in [5.41, 5.74) is 3.14. The van der Waals surface area contributed by atoms with E-state index in [0.29, 0.717) is 22.8 Å². The molecule has 2 aliphatic heterocycles. The van der Waals surface area contributed by atoms with Gasteiger partial charge in [0.1, 0.15) is 5.82 Å². The van der Waals surface area contributed by atoms with Crippen molar-refractivity contribution in [2.24, 2.45) is 0 Å². The first-order chi connectivity index (χ1) is 14.1. The van der Waals surface area contributed by atoms with E-state index in [4.69, 9.17) is 11.6 Å². The lowest BCUT2D eigenvalue weighted by Gasteiger charge is -2.40. The van der Waals surface area contributed by atoms with Gasteiger partial charge in [0.25, 0.3) is 5.91 Å². The van der Waals surface area contributed by atoms with E-state index in [1.165, 1.54) is 6.07 Å². The minimum atomic E-state index is -0.478. The Labute approximate surface area is 171 Å². The second kappa shape index (κ2) is 6.93. The number of benzene rings is 1. The molecule has 1 aromatic carbocycles. The van der Waals surface area contributed by atoms with E-state index < -0.39 is 5.82 Å². The maximum Gasteiger partial charge on any atom is 0.253 e. The lowest BCUT2D eigenvalue weighted by atomic mass is 9.73. The van der Waals surface area contributed by atoms with Gasteiger partial charge in [-0.1, -0.05) is 11.6 Å². The number of halogens is 2. The summed E-state index contributed by atoms with van der Waals surface area (Å²) in [6.45, 7) is 2.46. The van der Waals surface area contributed by atoms with E-state index in [-0.39, 0.29) is 22.7 Å². The van der Waals surface area contributed by atoms with E-state index in [9.17, 15) is 9.18 Å². The largest absolute Gasteiger partial charge is 0.356 e. The molecule has 6 nitrogen and oxygen atoms in total. The van der Waals surface area contributed by atoms with E-state index in [2.05, 4.69) is 25.6 Å². The summed E-state index contributed by atoms with van der Waals surface area (Å²) < 4.78 is 14.3. The summed E-state index contributed by atoms with van der Waals surface area (Å²) >= 11 is 5.85. The third kappa shape index (κ3) is 3.10. The Hall–Kier alpha value is -2.77. The molecule has 1 fully saturated rings. The number of hydrogen-bond donors (Lipinski definition) is 3. The van der Waals surface area contributed by atoms with Crippen molar-refractivity contribution in [3.05, 3.63) is 58.6 Å². The molecule has 5 rings (SSSR count). The molecule has 0 atom stereocenters. The number of piperidine rings is 1. The van der Waals surface area contributed by atoms with Crippen LogP contribution in [0.2, 0.25) is 5.02 Å². The third-order valence-electron chi connectivity index (χ3n) is 5.84. The zero-order valence-corrected chi connectivity index (χ0v) is 16.3. The molecule has 3 N–H and O–H groups in total. The summed E-state index contributed by atoms with van der Waals surface area (Å²) in [5.74, 6) is -0.289. The standard InChI is InChI=1S/C21H19ClFN5O/c22-12-1-2-13(15(23)9-12)19-25-6-3-16(28-19)17-10-14-18(27-17)21(11-26-20(14)29)4-7-24-8-5-21/h1-3,6,9-10,24,27H,4-5,7-8,11H2,(H,26,29). The summed E-state index contributed by atoms with van der Waals surface area (Å²) in [6.07, 6.45) is 3.49. The van der Waals surface area contributed by atoms with Crippen molar-refractivity contribution in [2.75, 3.05) is 19.6 Å². The number of H-pyrrole nitrogens is 1. The fourth-order valence-corrected chi connectivity index (χ4v) is 4.42. The van der Waals surface area contributed by atoms with Crippen molar-refractivity contribution in [3.8, 4) is 22.8 Å². The highest BCUT2D eigenvalue weighted by Crippen LogP contribution is 2.39. The Morgan fingerprint density at radius 2 is 1.93 bits per heavy atom. The zero-order chi connectivity index (χ0) is 20.0. The van der Waals surface area contributed by atoms with Gasteiger partial charge in [0.15, 0.2) is 5.82 Å². The third-order valence-corrected chi connectivity index (χ3v) is 6.08. The van der Waals surface area contributed by atoms with Gasteiger partial charge >= 0.3 is 0 Å². The molecule has 0 saturated carbocycles. The Morgan fingerprint density at radius 3 is 2.72 bits per heavy atom. The maximum atomic E-state index is 14.3. The molecule has 3 aromatic rings. The van der Waals surface area contributed by atoms with Crippen LogP contribution in [-0.4, -0.2) is 40.5 Å². The smallest absolute Gasteiger partial charge is 0.253 e. The highest BCUT2D eigenvalue weighted by atomic mass is 35.5. The second-order valence-electron chi connectivity index (χ2n) is 7.57. The molecule has 0 unspecified atom stereocenters. The van der Waals surface area contributed by atoms with Gasteiger partial charge in [0.2, 0.25) is 0 Å². The van der Waals surface area contributed by atoms with E-state index in [0.717, 1.165) is 37.3 Å². The number of nitrogens with zero attached hydrogens (tertiary/aromatic N) is 2. The van der Waals surface area contributed by atoms with Crippen LogP contribution in [0.15, 0.2) is 36.5 Å². The SMILES string of the molecule is O=C1NCC2(CCNCC2)c2[nH]c(-c3ccnc(-c4ccc(Cl)cc4F)n3)cc21. The molecule has 148 valence electrons. The molecule has 1 spiro atoms. The highest BCUT2D eigenvalue weighted by molar-refractivity contribution is 6.30. The summed E-state index contributed by atoms with van der Waals surface area (Å²) in [5, 5.41) is 6.73. The predicted octanol–water partition coefficient (Wildman–Crippen LogP) is 3.30. The first-order valence-electron chi connectivity index (χ1n) is 9.57. The van der Waals surface area contributed by atoms with E-state index in [1.54, 1.807) is 24.4 Å². The lowest BCUT2D eigenvalue weighted by Crippen LogP contribution is -2.51. The molecule has 0 radical (unpaired) electrons. The summed E-state index contributed by atoms with van der Waals surface area (Å²) in [4.78, 5) is 24.7. The average molecular weight is 412 g/mol. The fourth-order valence-electron chi connectivity index (χ4n) is 4.26. The van der Waals surface area contributed by atoms with Crippen LogP contribution >= 0.6 is 11.6 Å². The minimum absolute atomic E-state index is 0.0790. The van der Waals surface area contributed by atoms with Gasteiger partial charge < -0.3 is 15.6 Å². The monoisotopic (exact) mass is 411 g/mol. The van der Waals surface area contributed by atoms with Crippen molar-refractivity contribution in [3.63, 3.8) is 0 Å². The zero-order valence-electron chi connectivity index (χ0n) is 15.6. The number of hydrogen-bond acceptors (Lipinski definition) is 4. The van der Waals surface area contributed by atoms with Gasteiger partial charge in [-0.25, -0.2) is 14.4 Å². The number of carbonyl (C=O) groups is 1. The van der Waals surface area contributed by atoms with Crippen molar-refractivity contribution >= 4 is 17.5 Å². The molecule has 4 heterocycles. The molecule has 29 heavy (non-hydrogen) atoms. The number of nitrogens with one attached hydrogen (secondary N) is 3. The first-order valence-corrected chi connectivity index (χ1v) is 9.95. The molecular formula is C21H19ClFN5O. The van der Waals surface area contributed by atoms with Gasteiger partial charge in [-0.2, -0.15) is 0 Å². The average Bonchev–Trinajstić information content (AvgIpc) is 3.19. The maximum absolute atomic E-state index is 14.3. The lowest BCUT2D eigenvalue weighted by molar-refractivity contribution is 0.0913. The molecule has 2 aromatic heterocycles. The van der Waals surface area contributed by atoms with Crippen molar-refractivity contribution in [1.82, 2.24) is 25.6 Å². The number of rotatable bonds is 2. The van der Waals surface area contributed by atoms with Gasteiger partial charge in [0.05, 0.1) is 22.5 Å². The van der Waals surface area contributed by atoms with Gasteiger partial charge in [0, 0.05) is 28.9 Å². The van der Waals surface area contributed by atoms with Gasteiger partial charge in [-0.3, -0.25) is 4.79 Å². The van der Waals surface area contributed by atoms with Crippen LogP contribution < -0.4 is 10.6 Å². The van der Waals surface area contributed by atoms with Gasteiger partial charge in [-0.05, 0) is 56.3 Å². The molecule has 0 aliphatic carbocycles. The second-order valence-corrected chi connectivity index (χ2v) is 8.01. The summed E-state index contributed by atoms with van der Waals surface area (Å²) in [6, 6.07) is 7.99. The number of aromatic nitrogens is 3. The van der Waals surface area contributed by atoms with Crippen LogP contribution in [0.25, 0.3) is 22.8 Å². The number of fused-ring (bicyclic) bond motifs is 2. The van der Waals surface area contributed by atoms with E-state index in [1.807, 2.05) is 6.07 Å². The highest BCUT2D eigenvalue weighted by Gasteiger charge is 2.42. The Bertz CT molecular complexity index is 1110. The quantitative estimate of drug-likeness (QED) is 0.604. The van der Waals surface area contributed by atoms with Crippen LogP contribution in [0.3, 0.4) is 0 Å². The van der Waals surface area contributed by atoms with Crippen LogP contribution in [0.5, 0.6) is 0 Å². The predicted molar refractivity (Wildman–Crippen MR) is 108 cm³/mol. The van der Waals surface area contributed by atoms with E-state index >= 15 is 0 Å². The van der Waals surface area contributed by atoms with Crippen LogP contribution in [0, 0.1) is 5.82 Å². The Balaban J connectivity index is 1.57. The number of carbonyl (C=O) groups excluding carboxylic acids is 1. The first kappa shape index (κ1) is 18.3. The van der Waals surface area contributed by atoms with Gasteiger partial charge in [-0.15, -0.1) is 0 Å². The van der Waals surface area contributed by atoms with Crippen molar-refractivity contribution < 1.29 is 9.18 Å².